The Bertz CT molecular complexity index is 807. The van der Waals surface area contributed by atoms with E-state index in [9.17, 15) is 18.0 Å². The second kappa shape index (κ2) is 8.64. The first-order valence-electron chi connectivity index (χ1n) is 10.1. The summed E-state index contributed by atoms with van der Waals surface area (Å²) in [7, 11) is -3.46. The number of rotatable bonds is 6. The van der Waals surface area contributed by atoms with Gasteiger partial charge in [0.15, 0.2) is 9.84 Å². The summed E-state index contributed by atoms with van der Waals surface area (Å²) in [5, 5.41) is 6.08. The second-order valence-corrected chi connectivity index (χ2v) is 10.5. The predicted octanol–water partition coefficient (Wildman–Crippen LogP) is 2.30. The Morgan fingerprint density at radius 1 is 1.21 bits per heavy atom. The van der Waals surface area contributed by atoms with Crippen molar-refractivity contribution >= 4 is 21.7 Å². The Kier molecular flexibility index (Phi) is 6.43. The third-order valence-electron chi connectivity index (χ3n) is 6.14. The zero-order valence-electron chi connectivity index (χ0n) is 16.6. The van der Waals surface area contributed by atoms with Crippen LogP contribution in [0.3, 0.4) is 0 Å². The van der Waals surface area contributed by atoms with E-state index in [1.807, 2.05) is 0 Å². The maximum Gasteiger partial charge on any atom is 0.221 e. The summed E-state index contributed by atoms with van der Waals surface area (Å²) in [6.07, 6.45) is 3.10. The first kappa shape index (κ1) is 20.8. The number of sulfone groups is 1. The van der Waals surface area contributed by atoms with Crippen LogP contribution in [-0.4, -0.2) is 38.1 Å². The standard InChI is InChI=1S/C21H30N2O4S/c1-14(2)18-13-21(25)23-19-12-15(8-9-17(18)19)22-20(24)10-11-28(26,27)16-6-4-3-5-7-16/h3-7,14-15,17-19H,8-13H2,1-2H3,(H,22,24)(H,23,25). The highest BCUT2D eigenvalue weighted by Gasteiger charge is 2.41. The Hall–Kier alpha value is -1.89. The minimum Gasteiger partial charge on any atom is -0.353 e. The molecule has 4 atom stereocenters. The number of nitrogens with one attached hydrogen (secondary N) is 2. The van der Waals surface area contributed by atoms with E-state index in [1.54, 1.807) is 30.3 Å². The Balaban J connectivity index is 1.52. The molecule has 154 valence electrons. The van der Waals surface area contributed by atoms with Gasteiger partial charge in [0, 0.05) is 24.9 Å². The molecule has 1 aromatic carbocycles. The number of carbonyl (C=O) groups is 2. The monoisotopic (exact) mass is 406 g/mol. The van der Waals surface area contributed by atoms with E-state index in [0.29, 0.717) is 24.2 Å². The summed E-state index contributed by atoms with van der Waals surface area (Å²) in [6, 6.07) is 8.29. The summed E-state index contributed by atoms with van der Waals surface area (Å²) in [5.74, 6) is 0.975. The molecule has 6 nitrogen and oxygen atoms in total. The molecule has 3 rings (SSSR count). The van der Waals surface area contributed by atoms with Crippen LogP contribution in [0.1, 0.15) is 46.0 Å². The minimum atomic E-state index is -3.46. The number of carbonyl (C=O) groups excluding carboxylic acids is 2. The van der Waals surface area contributed by atoms with Gasteiger partial charge in [0.05, 0.1) is 10.6 Å². The van der Waals surface area contributed by atoms with E-state index < -0.39 is 9.84 Å². The highest BCUT2D eigenvalue weighted by atomic mass is 32.2. The molecule has 1 saturated carbocycles. The molecule has 4 unspecified atom stereocenters. The van der Waals surface area contributed by atoms with Crippen LogP contribution < -0.4 is 10.6 Å². The number of hydrogen-bond donors (Lipinski definition) is 2. The SMILES string of the molecule is CC(C)C1CC(=O)NC2CC(NC(=O)CCS(=O)(=O)c3ccccc3)CCC21. The van der Waals surface area contributed by atoms with E-state index in [4.69, 9.17) is 0 Å². The van der Waals surface area contributed by atoms with E-state index in [0.717, 1.165) is 19.3 Å². The fraction of sp³-hybridized carbons (Fsp3) is 0.619. The summed E-state index contributed by atoms with van der Waals surface area (Å²) in [6.45, 7) is 4.34. The molecule has 1 aliphatic carbocycles. The van der Waals surface area contributed by atoms with Crippen molar-refractivity contribution < 1.29 is 18.0 Å². The van der Waals surface area contributed by atoms with Gasteiger partial charge in [-0.3, -0.25) is 9.59 Å². The first-order chi connectivity index (χ1) is 13.3. The van der Waals surface area contributed by atoms with Crippen molar-refractivity contribution in [3.05, 3.63) is 30.3 Å². The lowest BCUT2D eigenvalue weighted by Gasteiger charge is -2.45. The lowest BCUT2D eigenvalue weighted by atomic mass is 9.67. The molecule has 1 saturated heterocycles. The van der Waals surface area contributed by atoms with Crippen molar-refractivity contribution in [2.75, 3.05) is 5.75 Å². The van der Waals surface area contributed by atoms with Gasteiger partial charge in [-0.05, 0) is 49.1 Å². The average Bonchev–Trinajstić information content (AvgIpc) is 2.66. The van der Waals surface area contributed by atoms with Crippen molar-refractivity contribution in [3.8, 4) is 0 Å². The second-order valence-electron chi connectivity index (χ2n) is 8.41. The molecule has 1 aromatic rings. The van der Waals surface area contributed by atoms with Crippen LogP contribution >= 0.6 is 0 Å². The molecular weight excluding hydrogens is 376 g/mol. The van der Waals surface area contributed by atoms with Gasteiger partial charge in [0.1, 0.15) is 0 Å². The van der Waals surface area contributed by atoms with E-state index in [1.165, 1.54) is 0 Å². The van der Waals surface area contributed by atoms with Crippen LogP contribution in [0, 0.1) is 17.8 Å². The molecule has 2 aliphatic rings. The van der Waals surface area contributed by atoms with Gasteiger partial charge in [-0.1, -0.05) is 32.0 Å². The number of fused-ring (bicyclic) bond motifs is 1. The average molecular weight is 407 g/mol. The quantitative estimate of drug-likeness (QED) is 0.758. The summed E-state index contributed by atoms with van der Waals surface area (Å²) in [5.41, 5.74) is 0. The molecule has 1 heterocycles. The Morgan fingerprint density at radius 3 is 2.61 bits per heavy atom. The zero-order chi connectivity index (χ0) is 20.3. The van der Waals surface area contributed by atoms with Crippen LogP contribution in [-0.2, 0) is 19.4 Å². The summed E-state index contributed by atoms with van der Waals surface area (Å²) >= 11 is 0. The first-order valence-corrected chi connectivity index (χ1v) is 11.8. The predicted molar refractivity (Wildman–Crippen MR) is 107 cm³/mol. The molecule has 0 spiro atoms. The minimum absolute atomic E-state index is 0.0145. The van der Waals surface area contributed by atoms with Crippen molar-refractivity contribution in [2.45, 2.75) is 62.9 Å². The largest absolute Gasteiger partial charge is 0.353 e. The summed E-state index contributed by atoms with van der Waals surface area (Å²) < 4.78 is 24.7. The molecule has 28 heavy (non-hydrogen) atoms. The third-order valence-corrected chi connectivity index (χ3v) is 7.87. The lowest BCUT2D eigenvalue weighted by molar-refractivity contribution is -0.128. The Labute approximate surface area is 167 Å². The van der Waals surface area contributed by atoms with Crippen LogP contribution in [0.5, 0.6) is 0 Å². The van der Waals surface area contributed by atoms with Crippen molar-refractivity contribution in [3.63, 3.8) is 0 Å². The molecule has 0 bridgehead atoms. The van der Waals surface area contributed by atoms with Gasteiger partial charge < -0.3 is 10.6 Å². The number of benzene rings is 1. The number of hydrogen-bond acceptors (Lipinski definition) is 4. The highest BCUT2D eigenvalue weighted by molar-refractivity contribution is 7.91. The molecular formula is C21H30N2O4S. The van der Waals surface area contributed by atoms with Crippen LogP contribution in [0.25, 0.3) is 0 Å². The third kappa shape index (κ3) is 4.93. The highest BCUT2D eigenvalue weighted by Crippen LogP contribution is 2.39. The van der Waals surface area contributed by atoms with Crippen LogP contribution in [0.4, 0.5) is 0 Å². The van der Waals surface area contributed by atoms with Gasteiger partial charge in [-0.2, -0.15) is 0 Å². The van der Waals surface area contributed by atoms with Crippen molar-refractivity contribution in [1.82, 2.24) is 10.6 Å². The zero-order valence-corrected chi connectivity index (χ0v) is 17.4. The normalized spacial score (nSPS) is 27.8. The number of amides is 2. The molecule has 2 fully saturated rings. The molecule has 1 aliphatic heterocycles. The molecule has 0 radical (unpaired) electrons. The maximum absolute atomic E-state index is 12.3. The van der Waals surface area contributed by atoms with Crippen LogP contribution in [0.15, 0.2) is 35.2 Å². The van der Waals surface area contributed by atoms with E-state index >= 15 is 0 Å². The van der Waals surface area contributed by atoms with Crippen LogP contribution in [0.2, 0.25) is 0 Å². The molecule has 2 N–H and O–H groups in total. The maximum atomic E-state index is 12.3. The van der Waals surface area contributed by atoms with Gasteiger partial charge in [0.2, 0.25) is 11.8 Å². The van der Waals surface area contributed by atoms with Gasteiger partial charge in [-0.15, -0.1) is 0 Å². The molecule has 2 amide bonds. The lowest BCUT2D eigenvalue weighted by Crippen LogP contribution is -2.56. The van der Waals surface area contributed by atoms with Gasteiger partial charge >= 0.3 is 0 Å². The Morgan fingerprint density at radius 2 is 1.93 bits per heavy atom. The fourth-order valence-electron chi connectivity index (χ4n) is 4.64. The van der Waals surface area contributed by atoms with Crippen molar-refractivity contribution in [2.24, 2.45) is 17.8 Å². The van der Waals surface area contributed by atoms with Gasteiger partial charge in [0.25, 0.3) is 0 Å². The molecule has 0 aromatic heterocycles. The smallest absolute Gasteiger partial charge is 0.221 e. The number of piperidine rings is 1. The fourth-order valence-corrected chi connectivity index (χ4v) is 5.90. The van der Waals surface area contributed by atoms with E-state index in [2.05, 4.69) is 24.5 Å². The topological polar surface area (TPSA) is 92.3 Å². The van der Waals surface area contributed by atoms with E-state index in [-0.39, 0.29) is 41.0 Å². The van der Waals surface area contributed by atoms with Crippen molar-refractivity contribution in [1.29, 1.82) is 0 Å². The molecule has 7 heteroatoms. The summed E-state index contributed by atoms with van der Waals surface area (Å²) in [4.78, 5) is 24.6. The van der Waals surface area contributed by atoms with Gasteiger partial charge in [-0.25, -0.2) is 8.42 Å².